The maximum Gasteiger partial charge on any atom is 0.318 e. The fraction of sp³-hybridized carbons (Fsp3) is 0.333. The van der Waals surface area contributed by atoms with Gasteiger partial charge in [-0.15, -0.1) is 0 Å². The normalized spacial score (nSPS) is 10.9. The summed E-state index contributed by atoms with van der Waals surface area (Å²) >= 11 is 0. The van der Waals surface area contributed by atoms with Gasteiger partial charge in [0.2, 0.25) is 0 Å². The zero-order valence-electron chi connectivity index (χ0n) is 21.7. The zero-order chi connectivity index (χ0) is 25.3. The Hall–Kier alpha value is -3.80. The number of para-hydroxylation sites is 1. The first-order chi connectivity index (χ1) is 17.6. The summed E-state index contributed by atoms with van der Waals surface area (Å²) in [6.45, 7) is 8.71. The average molecular weight is 486 g/mol. The molecule has 1 aromatic heterocycles. The van der Waals surface area contributed by atoms with Crippen LogP contribution < -0.4 is 19.1 Å². The Morgan fingerprint density at radius 1 is 0.833 bits per heavy atom. The fourth-order valence-corrected chi connectivity index (χ4v) is 4.21. The maximum absolute atomic E-state index is 6.10. The predicted octanol–water partition coefficient (Wildman–Crippen LogP) is 6.99. The van der Waals surface area contributed by atoms with Crippen molar-refractivity contribution in [3.63, 3.8) is 0 Å². The molecule has 3 aromatic carbocycles. The monoisotopic (exact) mass is 485 g/mol. The summed E-state index contributed by atoms with van der Waals surface area (Å²) in [7, 11) is 1.70. The van der Waals surface area contributed by atoms with Crippen LogP contribution in [0.2, 0.25) is 0 Å². The minimum Gasteiger partial charge on any atom is -0.496 e. The van der Waals surface area contributed by atoms with Gasteiger partial charge in [0.15, 0.2) is 0 Å². The van der Waals surface area contributed by atoms with E-state index in [9.17, 15) is 0 Å². The van der Waals surface area contributed by atoms with E-state index in [1.807, 2.05) is 55.5 Å². The van der Waals surface area contributed by atoms with Gasteiger partial charge in [0.05, 0.1) is 19.2 Å². The van der Waals surface area contributed by atoms with Gasteiger partial charge in [0.25, 0.3) is 0 Å². The first-order valence-corrected chi connectivity index (χ1v) is 12.7. The standard InChI is InChI=1S/C30H35N3O3/c1-5-17-33(18-6-2)29-26-21-25(36-24-10-8-7-9-11-24)14-15-27(26)31-30(32-29)35-19-16-23-13-12-22(3)28(20-23)34-4/h7-15,20-21H,5-6,16-19H2,1-4H3. The van der Waals surface area contributed by atoms with Crippen LogP contribution in [-0.2, 0) is 6.42 Å². The molecule has 0 radical (unpaired) electrons. The van der Waals surface area contributed by atoms with Crippen LogP contribution in [0.15, 0.2) is 66.7 Å². The second-order valence-corrected chi connectivity index (χ2v) is 8.81. The minimum absolute atomic E-state index is 0.394. The second kappa shape index (κ2) is 12.2. The second-order valence-electron chi connectivity index (χ2n) is 8.81. The van der Waals surface area contributed by atoms with Gasteiger partial charge < -0.3 is 19.1 Å². The molecule has 0 spiro atoms. The summed E-state index contributed by atoms with van der Waals surface area (Å²) in [5.74, 6) is 3.33. The molecule has 0 aliphatic rings. The lowest BCUT2D eigenvalue weighted by atomic mass is 10.1. The summed E-state index contributed by atoms with van der Waals surface area (Å²) in [6.07, 6.45) is 2.79. The van der Waals surface area contributed by atoms with Gasteiger partial charge in [-0.25, -0.2) is 0 Å². The minimum atomic E-state index is 0.394. The molecule has 4 rings (SSSR count). The number of aryl methyl sites for hydroxylation is 1. The summed E-state index contributed by atoms with van der Waals surface area (Å²) in [4.78, 5) is 11.9. The average Bonchev–Trinajstić information content (AvgIpc) is 2.90. The molecular weight excluding hydrogens is 450 g/mol. The maximum atomic E-state index is 6.10. The van der Waals surface area contributed by atoms with Crippen molar-refractivity contribution in [2.24, 2.45) is 0 Å². The number of fused-ring (bicyclic) bond motifs is 1. The summed E-state index contributed by atoms with van der Waals surface area (Å²) < 4.78 is 17.6. The van der Waals surface area contributed by atoms with Crippen LogP contribution in [0.3, 0.4) is 0 Å². The fourth-order valence-electron chi connectivity index (χ4n) is 4.21. The molecule has 0 bridgehead atoms. The van der Waals surface area contributed by atoms with Crippen LogP contribution in [0.25, 0.3) is 10.9 Å². The first kappa shape index (κ1) is 25.3. The number of methoxy groups -OCH3 is 1. The van der Waals surface area contributed by atoms with E-state index < -0.39 is 0 Å². The Labute approximate surface area is 213 Å². The summed E-state index contributed by atoms with van der Waals surface area (Å²) in [6, 6.07) is 22.4. The summed E-state index contributed by atoms with van der Waals surface area (Å²) in [5, 5.41) is 0.959. The van der Waals surface area contributed by atoms with E-state index in [-0.39, 0.29) is 0 Å². The van der Waals surface area contributed by atoms with E-state index in [1.54, 1.807) is 7.11 Å². The number of anilines is 1. The third kappa shape index (κ3) is 6.25. The Morgan fingerprint density at radius 2 is 1.61 bits per heavy atom. The van der Waals surface area contributed by atoms with Crippen LogP contribution >= 0.6 is 0 Å². The quantitative estimate of drug-likeness (QED) is 0.216. The van der Waals surface area contributed by atoms with Crippen molar-refractivity contribution in [1.29, 1.82) is 0 Å². The highest BCUT2D eigenvalue weighted by atomic mass is 16.5. The largest absolute Gasteiger partial charge is 0.496 e. The molecular formula is C30H35N3O3. The number of aromatic nitrogens is 2. The van der Waals surface area contributed by atoms with Gasteiger partial charge in [-0.2, -0.15) is 9.97 Å². The molecule has 0 amide bonds. The molecule has 188 valence electrons. The van der Waals surface area contributed by atoms with Crippen molar-refractivity contribution in [3.8, 4) is 23.3 Å². The van der Waals surface area contributed by atoms with Gasteiger partial charge in [-0.05, 0) is 67.3 Å². The Morgan fingerprint density at radius 3 is 2.33 bits per heavy atom. The number of benzene rings is 3. The first-order valence-electron chi connectivity index (χ1n) is 12.7. The molecule has 0 unspecified atom stereocenters. The van der Waals surface area contributed by atoms with Crippen molar-refractivity contribution < 1.29 is 14.2 Å². The van der Waals surface area contributed by atoms with E-state index >= 15 is 0 Å². The molecule has 36 heavy (non-hydrogen) atoms. The molecule has 0 fully saturated rings. The van der Waals surface area contributed by atoms with Crippen LogP contribution in [0.4, 0.5) is 5.82 Å². The lowest BCUT2D eigenvalue weighted by molar-refractivity contribution is 0.297. The van der Waals surface area contributed by atoms with Crippen molar-refractivity contribution in [3.05, 3.63) is 77.9 Å². The SMILES string of the molecule is CCCN(CCC)c1nc(OCCc2ccc(C)c(OC)c2)nc2ccc(Oc3ccccc3)cc12. The number of ether oxygens (including phenoxy) is 3. The van der Waals surface area contributed by atoms with Crippen molar-refractivity contribution in [1.82, 2.24) is 9.97 Å². The number of hydrogen-bond acceptors (Lipinski definition) is 6. The van der Waals surface area contributed by atoms with Gasteiger partial charge in [0, 0.05) is 24.9 Å². The molecule has 1 heterocycles. The van der Waals surface area contributed by atoms with E-state index in [0.717, 1.165) is 77.4 Å². The van der Waals surface area contributed by atoms with Gasteiger partial charge in [0.1, 0.15) is 23.1 Å². The van der Waals surface area contributed by atoms with Crippen molar-refractivity contribution in [2.45, 2.75) is 40.0 Å². The van der Waals surface area contributed by atoms with Crippen LogP contribution in [0.5, 0.6) is 23.3 Å². The molecule has 0 saturated carbocycles. The van der Waals surface area contributed by atoms with Gasteiger partial charge >= 0.3 is 6.01 Å². The molecule has 0 saturated heterocycles. The van der Waals surface area contributed by atoms with E-state index in [2.05, 4.69) is 36.9 Å². The van der Waals surface area contributed by atoms with Crippen LogP contribution in [-0.4, -0.2) is 36.8 Å². The Kier molecular flexibility index (Phi) is 8.61. The topological polar surface area (TPSA) is 56.7 Å². The molecule has 0 N–H and O–H groups in total. The number of hydrogen-bond donors (Lipinski definition) is 0. The molecule has 6 heteroatoms. The lowest BCUT2D eigenvalue weighted by Gasteiger charge is -2.24. The van der Waals surface area contributed by atoms with Crippen LogP contribution in [0.1, 0.15) is 37.8 Å². The highest BCUT2D eigenvalue weighted by molar-refractivity contribution is 5.91. The summed E-state index contributed by atoms with van der Waals surface area (Å²) in [5.41, 5.74) is 3.11. The molecule has 0 aliphatic carbocycles. The Balaban J connectivity index is 1.61. The van der Waals surface area contributed by atoms with Gasteiger partial charge in [-0.1, -0.05) is 44.2 Å². The lowest BCUT2D eigenvalue weighted by Crippen LogP contribution is -2.26. The predicted molar refractivity (Wildman–Crippen MR) is 146 cm³/mol. The number of rotatable bonds is 12. The van der Waals surface area contributed by atoms with Crippen molar-refractivity contribution >= 4 is 16.7 Å². The molecule has 6 nitrogen and oxygen atoms in total. The zero-order valence-corrected chi connectivity index (χ0v) is 21.7. The molecule has 4 aromatic rings. The van der Waals surface area contributed by atoms with Gasteiger partial charge in [-0.3, -0.25) is 0 Å². The van der Waals surface area contributed by atoms with Crippen molar-refractivity contribution in [2.75, 3.05) is 31.7 Å². The highest BCUT2D eigenvalue weighted by Crippen LogP contribution is 2.32. The number of nitrogens with zero attached hydrogens (tertiary/aromatic N) is 3. The molecule has 0 atom stereocenters. The Bertz CT molecular complexity index is 1270. The third-order valence-corrected chi connectivity index (χ3v) is 5.99. The van der Waals surface area contributed by atoms with Crippen LogP contribution in [0, 0.1) is 6.92 Å². The van der Waals surface area contributed by atoms with E-state index in [0.29, 0.717) is 12.6 Å². The van der Waals surface area contributed by atoms with E-state index in [4.69, 9.17) is 24.2 Å². The third-order valence-electron chi connectivity index (χ3n) is 5.99. The smallest absolute Gasteiger partial charge is 0.318 e. The highest BCUT2D eigenvalue weighted by Gasteiger charge is 2.16. The van der Waals surface area contributed by atoms with E-state index in [1.165, 1.54) is 0 Å². The molecule has 0 aliphatic heterocycles.